The fraction of sp³-hybridized carbons (Fsp3) is 0.733. The highest BCUT2D eigenvalue weighted by atomic mass is 16.5. The summed E-state index contributed by atoms with van der Waals surface area (Å²) in [4.78, 5) is 4.22. The van der Waals surface area contributed by atoms with E-state index >= 15 is 0 Å². The van der Waals surface area contributed by atoms with Gasteiger partial charge in [-0.15, -0.1) is 5.10 Å². The molecule has 0 bridgehead atoms. The number of hydrogen-bond acceptors (Lipinski definition) is 7. The first kappa shape index (κ1) is 16.1. The van der Waals surface area contributed by atoms with E-state index in [0.29, 0.717) is 24.0 Å². The molecule has 1 aliphatic carbocycles. The third kappa shape index (κ3) is 3.76. The highest BCUT2D eigenvalue weighted by Crippen LogP contribution is 2.29. The molecule has 1 fully saturated rings. The molecule has 2 atom stereocenters. The molecular weight excluding hydrogens is 296 g/mol. The van der Waals surface area contributed by atoms with Crippen LogP contribution in [0.1, 0.15) is 63.0 Å². The van der Waals surface area contributed by atoms with Gasteiger partial charge in [0.25, 0.3) is 0 Å². The predicted octanol–water partition coefficient (Wildman–Crippen LogP) is 1.47. The molecule has 2 heterocycles. The van der Waals surface area contributed by atoms with E-state index in [1.807, 2.05) is 10.9 Å². The van der Waals surface area contributed by atoms with Gasteiger partial charge < -0.3 is 14.9 Å². The van der Waals surface area contributed by atoms with Crippen LogP contribution in [0.25, 0.3) is 0 Å². The summed E-state index contributed by atoms with van der Waals surface area (Å²) in [6, 6.07) is 0.499. The van der Waals surface area contributed by atoms with Gasteiger partial charge in [0.2, 0.25) is 5.89 Å². The Labute approximate surface area is 135 Å². The van der Waals surface area contributed by atoms with Crippen molar-refractivity contribution in [3.63, 3.8) is 0 Å². The summed E-state index contributed by atoms with van der Waals surface area (Å²) in [6.45, 7) is 5.80. The molecule has 8 heteroatoms. The van der Waals surface area contributed by atoms with Gasteiger partial charge in [0, 0.05) is 13.0 Å². The molecule has 0 aliphatic heterocycles. The number of rotatable bonds is 5. The first-order valence-electron chi connectivity index (χ1n) is 8.11. The van der Waals surface area contributed by atoms with Gasteiger partial charge in [0.05, 0.1) is 18.8 Å². The van der Waals surface area contributed by atoms with Crippen LogP contribution in [0, 0.1) is 6.92 Å². The van der Waals surface area contributed by atoms with Crippen LogP contribution in [-0.2, 0) is 12.1 Å². The summed E-state index contributed by atoms with van der Waals surface area (Å²) >= 11 is 0. The molecule has 0 spiro atoms. The molecular formula is C15H24N6O2. The lowest BCUT2D eigenvalue weighted by Gasteiger charge is -2.31. The Morgan fingerprint density at radius 2 is 2.17 bits per heavy atom. The second-order valence-corrected chi connectivity index (χ2v) is 6.71. The van der Waals surface area contributed by atoms with Gasteiger partial charge in [-0.1, -0.05) is 23.2 Å². The van der Waals surface area contributed by atoms with Crippen molar-refractivity contribution in [3.05, 3.63) is 23.6 Å². The summed E-state index contributed by atoms with van der Waals surface area (Å²) in [7, 11) is 0. The molecule has 2 N–H and O–H groups in total. The van der Waals surface area contributed by atoms with Crippen molar-refractivity contribution in [1.82, 2.24) is 30.5 Å². The van der Waals surface area contributed by atoms with E-state index in [4.69, 9.17) is 4.52 Å². The van der Waals surface area contributed by atoms with Crippen molar-refractivity contribution in [3.8, 4) is 0 Å². The van der Waals surface area contributed by atoms with Crippen molar-refractivity contribution in [1.29, 1.82) is 0 Å². The zero-order chi connectivity index (χ0) is 16.4. The molecule has 3 rings (SSSR count). The summed E-state index contributed by atoms with van der Waals surface area (Å²) in [6.07, 6.45) is 6.31. The highest BCUT2D eigenvalue weighted by Gasteiger charge is 2.29. The first-order chi connectivity index (χ1) is 10.9. The van der Waals surface area contributed by atoms with Crippen molar-refractivity contribution in [2.45, 2.75) is 70.7 Å². The molecule has 2 aromatic rings. The van der Waals surface area contributed by atoms with Crippen LogP contribution in [0.15, 0.2) is 10.7 Å². The molecule has 0 aromatic carbocycles. The Bertz CT molecular complexity index is 644. The second kappa shape index (κ2) is 6.37. The number of nitrogens with zero attached hydrogens (tertiary/aromatic N) is 5. The van der Waals surface area contributed by atoms with Crippen LogP contribution in [0.4, 0.5) is 0 Å². The SMILES string of the molecule is Cc1nc(CN[C@H]2CCCC[C@H]2n2cc(C(C)(C)O)nn2)no1. The lowest BCUT2D eigenvalue weighted by atomic mass is 9.90. The van der Waals surface area contributed by atoms with Gasteiger partial charge in [-0.3, -0.25) is 0 Å². The Morgan fingerprint density at radius 1 is 1.39 bits per heavy atom. The Hall–Kier alpha value is -1.80. The van der Waals surface area contributed by atoms with E-state index < -0.39 is 5.60 Å². The first-order valence-corrected chi connectivity index (χ1v) is 8.11. The van der Waals surface area contributed by atoms with E-state index in [9.17, 15) is 5.11 Å². The Balaban J connectivity index is 1.69. The van der Waals surface area contributed by atoms with Gasteiger partial charge >= 0.3 is 0 Å². The molecule has 1 saturated carbocycles. The second-order valence-electron chi connectivity index (χ2n) is 6.71. The average Bonchev–Trinajstić information content (AvgIpc) is 3.14. The lowest BCUT2D eigenvalue weighted by Crippen LogP contribution is -2.40. The molecule has 126 valence electrons. The maximum atomic E-state index is 10.1. The number of hydrogen-bond donors (Lipinski definition) is 2. The average molecular weight is 320 g/mol. The number of aliphatic hydroxyl groups is 1. The standard InChI is InChI=1S/C15H24N6O2/c1-10-17-14(19-23-10)8-16-11-6-4-5-7-12(11)21-9-13(18-20-21)15(2,3)22/h9,11-12,16,22H,4-8H2,1-3H3/t11-,12+/m0/s1. The van der Waals surface area contributed by atoms with Gasteiger partial charge in [-0.2, -0.15) is 4.98 Å². The summed E-state index contributed by atoms with van der Waals surface area (Å²) in [5.41, 5.74) is -0.381. The topological polar surface area (TPSA) is 102 Å². The maximum absolute atomic E-state index is 10.1. The smallest absolute Gasteiger partial charge is 0.223 e. The summed E-state index contributed by atoms with van der Waals surface area (Å²) in [5.74, 6) is 1.25. The minimum atomic E-state index is -0.974. The van der Waals surface area contributed by atoms with E-state index in [-0.39, 0.29) is 12.1 Å². The van der Waals surface area contributed by atoms with E-state index in [1.54, 1.807) is 20.8 Å². The molecule has 2 aromatic heterocycles. The fourth-order valence-electron chi connectivity index (χ4n) is 3.02. The number of aromatic nitrogens is 5. The van der Waals surface area contributed by atoms with Crippen molar-refractivity contribution in [2.75, 3.05) is 0 Å². The quantitative estimate of drug-likeness (QED) is 0.860. The molecule has 23 heavy (non-hydrogen) atoms. The molecule has 0 amide bonds. The van der Waals surface area contributed by atoms with Crippen LogP contribution in [-0.4, -0.2) is 36.3 Å². The zero-order valence-electron chi connectivity index (χ0n) is 13.9. The summed E-state index contributed by atoms with van der Waals surface area (Å²) in [5, 5.41) is 25.8. The monoisotopic (exact) mass is 320 g/mol. The highest BCUT2D eigenvalue weighted by molar-refractivity contribution is 5.04. The van der Waals surface area contributed by atoms with Crippen molar-refractivity contribution in [2.24, 2.45) is 0 Å². The van der Waals surface area contributed by atoms with Crippen LogP contribution in [0.5, 0.6) is 0 Å². The van der Waals surface area contributed by atoms with Gasteiger partial charge in [0.15, 0.2) is 5.82 Å². The minimum Gasteiger partial charge on any atom is -0.384 e. The Kier molecular flexibility index (Phi) is 4.45. The molecule has 0 saturated heterocycles. The Morgan fingerprint density at radius 3 is 2.83 bits per heavy atom. The molecule has 1 aliphatic rings. The van der Waals surface area contributed by atoms with Crippen LogP contribution in [0.3, 0.4) is 0 Å². The van der Waals surface area contributed by atoms with E-state index in [1.165, 1.54) is 12.8 Å². The van der Waals surface area contributed by atoms with Crippen LogP contribution in [0.2, 0.25) is 0 Å². The third-order valence-corrected chi connectivity index (χ3v) is 4.30. The number of nitrogens with one attached hydrogen (secondary N) is 1. The van der Waals surface area contributed by atoms with Crippen LogP contribution >= 0.6 is 0 Å². The minimum absolute atomic E-state index is 0.223. The third-order valence-electron chi connectivity index (χ3n) is 4.30. The molecule has 0 unspecified atom stereocenters. The van der Waals surface area contributed by atoms with Crippen molar-refractivity contribution < 1.29 is 9.63 Å². The summed E-state index contributed by atoms with van der Waals surface area (Å²) < 4.78 is 6.88. The van der Waals surface area contributed by atoms with E-state index in [0.717, 1.165) is 12.8 Å². The van der Waals surface area contributed by atoms with E-state index in [2.05, 4.69) is 25.8 Å². The zero-order valence-corrected chi connectivity index (χ0v) is 13.9. The van der Waals surface area contributed by atoms with Crippen molar-refractivity contribution >= 4 is 0 Å². The van der Waals surface area contributed by atoms with Gasteiger partial charge in [0.1, 0.15) is 11.3 Å². The van der Waals surface area contributed by atoms with Gasteiger partial charge in [-0.25, -0.2) is 4.68 Å². The maximum Gasteiger partial charge on any atom is 0.223 e. The number of aryl methyl sites for hydroxylation is 1. The lowest BCUT2D eigenvalue weighted by molar-refractivity contribution is 0.0736. The fourth-order valence-corrected chi connectivity index (χ4v) is 3.02. The largest absolute Gasteiger partial charge is 0.384 e. The molecule has 0 radical (unpaired) electrons. The predicted molar refractivity (Wildman–Crippen MR) is 82.4 cm³/mol. The van der Waals surface area contributed by atoms with Gasteiger partial charge in [-0.05, 0) is 26.7 Å². The molecule has 8 nitrogen and oxygen atoms in total. The normalized spacial score (nSPS) is 22.4. The van der Waals surface area contributed by atoms with Crippen LogP contribution < -0.4 is 5.32 Å².